The van der Waals surface area contributed by atoms with Crippen molar-refractivity contribution in [3.8, 4) is 17.2 Å². The summed E-state index contributed by atoms with van der Waals surface area (Å²) in [5, 5.41) is 9.05. The quantitative estimate of drug-likeness (QED) is 0.186. The highest BCUT2D eigenvalue weighted by atomic mass is 32.2. The van der Waals surface area contributed by atoms with E-state index in [9.17, 15) is 4.79 Å². The molecule has 0 amide bonds. The highest BCUT2D eigenvalue weighted by molar-refractivity contribution is 7.98. The first-order chi connectivity index (χ1) is 16.6. The van der Waals surface area contributed by atoms with Crippen molar-refractivity contribution in [2.24, 2.45) is 0 Å². The summed E-state index contributed by atoms with van der Waals surface area (Å²) in [6, 6.07) is 19.6. The van der Waals surface area contributed by atoms with Gasteiger partial charge in [-0.05, 0) is 67.3 Å². The molecule has 0 aliphatic carbocycles. The van der Waals surface area contributed by atoms with Gasteiger partial charge in [0.05, 0.1) is 26.5 Å². The Kier molecular flexibility index (Phi) is 9.85. The number of aliphatic carboxylic acids is 1. The van der Waals surface area contributed by atoms with Gasteiger partial charge in [-0.15, -0.1) is 11.8 Å². The van der Waals surface area contributed by atoms with E-state index in [-0.39, 0.29) is 0 Å². The van der Waals surface area contributed by atoms with Gasteiger partial charge < -0.3 is 19.3 Å². The molecule has 0 bridgehead atoms. The van der Waals surface area contributed by atoms with E-state index in [1.54, 1.807) is 26.0 Å². The molecule has 3 aromatic rings. The Morgan fingerprint density at radius 2 is 1.76 bits per heavy atom. The van der Waals surface area contributed by atoms with E-state index in [1.165, 1.54) is 11.6 Å². The van der Waals surface area contributed by atoms with Crippen LogP contribution in [0.3, 0.4) is 0 Å². The van der Waals surface area contributed by atoms with Crippen LogP contribution in [0.1, 0.15) is 29.8 Å². The van der Waals surface area contributed by atoms with Crippen molar-refractivity contribution in [3.63, 3.8) is 0 Å². The van der Waals surface area contributed by atoms with Crippen molar-refractivity contribution in [2.45, 2.75) is 29.9 Å². The molecule has 0 atom stereocenters. The molecular formula is C27H29NO5S. The lowest BCUT2D eigenvalue weighted by atomic mass is 10.1. The zero-order chi connectivity index (χ0) is 24.2. The number of pyridine rings is 1. The van der Waals surface area contributed by atoms with E-state index in [2.05, 4.69) is 17.1 Å². The fraction of sp³-hybridized carbons (Fsp3) is 0.259. The third-order valence-electron chi connectivity index (χ3n) is 5.05. The maximum absolute atomic E-state index is 11.0. The first kappa shape index (κ1) is 25.2. The van der Waals surface area contributed by atoms with Gasteiger partial charge in [-0.1, -0.05) is 24.3 Å². The van der Waals surface area contributed by atoms with Gasteiger partial charge in [-0.2, -0.15) is 0 Å². The van der Waals surface area contributed by atoms with Gasteiger partial charge in [0.15, 0.2) is 0 Å². The topological polar surface area (TPSA) is 77.9 Å². The molecule has 34 heavy (non-hydrogen) atoms. The molecule has 0 radical (unpaired) electrons. The van der Waals surface area contributed by atoms with Crippen LogP contribution in [-0.2, 0) is 17.0 Å². The first-order valence-corrected chi connectivity index (χ1v) is 12.0. The minimum Gasteiger partial charge on any atom is -0.497 e. The SMILES string of the molecule is COc1ccc(CCCCOc2ccc(CSc3ccccc3OC)nc2/C=C/C(=O)O)cc1. The van der Waals surface area contributed by atoms with E-state index in [1.807, 2.05) is 48.5 Å². The Morgan fingerprint density at radius 1 is 0.971 bits per heavy atom. The average Bonchev–Trinajstić information content (AvgIpc) is 2.87. The van der Waals surface area contributed by atoms with Crippen LogP contribution in [0.5, 0.6) is 17.2 Å². The maximum Gasteiger partial charge on any atom is 0.328 e. The molecule has 0 unspecified atom stereocenters. The number of hydrogen-bond acceptors (Lipinski definition) is 6. The van der Waals surface area contributed by atoms with Gasteiger partial charge in [0.25, 0.3) is 0 Å². The number of carbonyl (C=O) groups is 1. The molecule has 2 aromatic carbocycles. The lowest BCUT2D eigenvalue weighted by Gasteiger charge is -2.11. The summed E-state index contributed by atoms with van der Waals surface area (Å²) in [5.41, 5.74) is 2.59. The molecule has 1 N–H and O–H groups in total. The molecule has 1 heterocycles. The highest BCUT2D eigenvalue weighted by Crippen LogP contribution is 2.31. The number of thioether (sulfide) groups is 1. The number of carboxylic acid groups (broad SMARTS) is 1. The summed E-state index contributed by atoms with van der Waals surface area (Å²) >= 11 is 1.61. The van der Waals surface area contributed by atoms with Gasteiger partial charge in [0, 0.05) is 16.7 Å². The van der Waals surface area contributed by atoms with Crippen LogP contribution in [0.25, 0.3) is 6.08 Å². The molecule has 0 spiro atoms. The number of benzene rings is 2. The Labute approximate surface area is 204 Å². The summed E-state index contributed by atoms with van der Waals surface area (Å²) in [6.45, 7) is 0.529. The van der Waals surface area contributed by atoms with Crippen LogP contribution in [0.4, 0.5) is 0 Å². The minimum absolute atomic E-state index is 0.510. The number of ether oxygens (including phenoxy) is 3. The molecule has 178 valence electrons. The number of aromatic nitrogens is 1. The van der Waals surface area contributed by atoms with Crippen LogP contribution in [0.2, 0.25) is 0 Å². The lowest BCUT2D eigenvalue weighted by Crippen LogP contribution is -2.02. The fourth-order valence-corrected chi connectivity index (χ4v) is 4.20. The molecule has 7 heteroatoms. The largest absolute Gasteiger partial charge is 0.497 e. The number of methoxy groups -OCH3 is 2. The molecule has 0 saturated heterocycles. The molecule has 6 nitrogen and oxygen atoms in total. The van der Waals surface area contributed by atoms with E-state index in [0.717, 1.165) is 47.4 Å². The zero-order valence-corrected chi connectivity index (χ0v) is 20.2. The predicted octanol–water partition coefficient (Wildman–Crippen LogP) is 5.89. The second-order valence-corrected chi connectivity index (χ2v) is 8.47. The summed E-state index contributed by atoms with van der Waals surface area (Å²) in [6.07, 6.45) is 5.37. The van der Waals surface area contributed by atoms with Gasteiger partial charge >= 0.3 is 5.97 Å². The fourth-order valence-electron chi connectivity index (χ4n) is 3.27. The van der Waals surface area contributed by atoms with Gasteiger partial charge in [0.2, 0.25) is 0 Å². The summed E-state index contributed by atoms with van der Waals surface area (Å²) in [7, 11) is 3.31. The number of nitrogens with zero attached hydrogens (tertiary/aromatic N) is 1. The molecule has 1 aromatic heterocycles. The zero-order valence-electron chi connectivity index (χ0n) is 19.4. The van der Waals surface area contributed by atoms with E-state index >= 15 is 0 Å². The van der Waals surface area contributed by atoms with Gasteiger partial charge in [-0.3, -0.25) is 0 Å². The lowest BCUT2D eigenvalue weighted by molar-refractivity contribution is -0.131. The summed E-state index contributed by atoms with van der Waals surface area (Å²) in [4.78, 5) is 16.7. The van der Waals surface area contributed by atoms with Crippen molar-refractivity contribution in [1.29, 1.82) is 0 Å². The highest BCUT2D eigenvalue weighted by Gasteiger charge is 2.08. The molecular weight excluding hydrogens is 450 g/mol. The van der Waals surface area contributed by atoms with Crippen LogP contribution in [0, 0.1) is 0 Å². The summed E-state index contributed by atoms with van der Waals surface area (Å²) in [5.74, 6) is 1.84. The third kappa shape index (κ3) is 7.85. The average molecular weight is 480 g/mol. The molecule has 0 aliphatic rings. The minimum atomic E-state index is -1.03. The molecule has 0 fully saturated rings. The van der Waals surface area contributed by atoms with Crippen molar-refractivity contribution in [2.75, 3.05) is 20.8 Å². The monoisotopic (exact) mass is 479 g/mol. The number of aryl methyl sites for hydroxylation is 1. The van der Waals surface area contributed by atoms with Crippen LogP contribution in [-0.4, -0.2) is 36.9 Å². The Morgan fingerprint density at radius 3 is 2.50 bits per heavy atom. The van der Waals surface area contributed by atoms with E-state index in [4.69, 9.17) is 19.3 Å². The second kappa shape index (κ2) is 13.3. The van der Waals surface area contributed by atoms with Gasteiger partial charge in [-0.25, -0.2) is 9.78 Å². The number of rotatable bonds is 13. The summed E-state index contributed by atoms with van der Waals surface area (Å²) < 4.78 is 16.5. The van der Waals surface area contributed by atoms with E-state index < -0.39 is 5.97 Å². The first-order valence-electron chi connectivity index (χ1n) is 11.0. The van der Waals surface area contributed by atoms with Crippen molar-refractivity contribution in [3.05, 3.63) is 83.7 Å². The standard InChI is InChI=1S/C27H29NO5S/c1-31-22-13-10-20(11-14-22)7-5-6-18-33-24-16-12-21(28-23(24)15-17-27(29)30)19-34-26-9-4-3-8-25(26)32-2/h3-4,8-17H,5-7,18-19H2,1-2H3,(H,29,30)/b17-15+. The Balaban J connectivity index is 1.57. The molecule has 3 rings (SSSR count). The number of para-hydroxylation sites is 1. The maximum atomic E-state index is 11.0. The third-order valence-corrected chi connectivity index (χ3v) is 6.14. The Bertz CT molecular complexity index is 1100. The molecule has 0 aliphatic heterocycles. The van der Waals surface area contributed by atoms with Crippen molar-refractivity contribution in [1.82, 2.24) is 4.98 Å². The predicted molar refractivity (Wildman–Crippen MR) is 135 cm³/mol. The Hall–Kier alpha value is -3.45. The second-order valence-electron chi connectivity index (χ2n) is 7.45. The van der Waals surface area contributed by atoms with Crippen LogP contribution < -0.4 is 14.2 Å². The van der Waals surface area contributed by atoms with E-state index in [0.29, 0.717) is 23.8 Å². The number of carboxylic acids is 1. The number of unbranched alkanes of at least 4 members (excludes halogenated alkanes) is 1. The van der Waals surface area contributed by atoms with Crippen LogP contribution >= 0.6 is 11.8 Å². The smallest absolute Gasteiger partial charge is 0.328 e. The van der Waals surface area contributed by atoms with Crippen LogP contribution in [0.15, 0.2) is 71.6 Å². The number of hydrogen-bond donors (Lipinski definition) is 1. The molecule has 0 saturated carbocycles. The normalized spacial score (nSPS) is 10.9. The van der Waals surface area contributed by atoms with Crippen molar-refractivity contribution < 1.29 is 24.1 Å². The van der Waals surface area contributed by atoms with Gasteiger partial charge in [0.1, 0.15) is 22.9 Å². The van der Waals surface area contributed by atoms with Crippen molar-refractivity contribution >= 4 is 23.8 Å².